The van der Waals surface area contributed by atoms with Crippen LogP contribution >= 0.6 is 0 Å². The lowest BCUT2D eigenvalue weighted by Gasteiger charge is -2.36. The first-order valence-corrected chi connectivity index (χ1v) is 6.95. The monoisotopic (exact) mass is 227 g/mol. The molecule has 96 valence electrons. The Labute approximate surface area is 101 Å². The predicted octanol–water partition coefficient (Wildman–Crippen LogP) is 3.22. The maximum Gasteiger partial charge on any atom is 0.0574 e. The van der Waals surface area contributed by atoms with Crippen LogP contribution in [-0.2, 0) is 4.74 Å². The summed E-state index contributed by atoms with van der Waals surface area (Å²) in [6, 6.07) is 0.679. The van der Waals surface area contributed by atoms with Gasteiger partial charge in [0.2, 0.25) is 0 Å². The minimum atomic E-state index is 0.503. The molecule has 0 aliphatic heterocycles. The van der Waals surface area contributed by atoms with Crippen LogP contribution in [0.4, 0.5) is 0 Å². The van der Waals surface area contributed by atoms with Crippen molar-refractivity contribution >= 4 is 0 Å². The van der Waals surface area contributed by atoms with Crippen LogP contribution in [0.2, 0.25) is 0 Å². The summed E-state index contributed by atoms with van der Waals surface area (Å²) in [6.45, 7) is 8.06. The van der Waals surface area contributed by atoms with Gasteiger partial charge >= 0.3 is 0 Å². The van der Waals surface area contributed by atoms with Gasteiger partial charge in [-0.25, -0.2) is 0 Å². The molecular weight excluding hydrogens is 198 g/mol. The van der Waals surface area contributed by atoms with Crippen LogP contribution in [0.25, 0.3) is 0 Å². The fourth-order valence-electron chi connectivity index (χ4n) is 2.98. The van der Waals surface area contributed by atoms with Gasteiger partial charge in [0.05, 0.1) is 6.10 Å². The highest BCUT2D eigenvalue weighted by Gasteiger charge is 2.29. The van der Waals surface area contributed by atoms with Crippen LogP contribution in [0.3, 0.4) is 0 Å². The largest absolute Gasteiger partial charge is 0.381 e. The van der Waals surface area contributed by atoms with Crippen LogP contribution in [0.1, 0.15) is 52.9 Å². The Hall–Kier alpha value is -0.0800. The van der Waals surface area contributed by atoms with Crippen LogP contribution in [0, 0.1) is 11.8 Å². The fraction of sp³-hybridized carbons (Fsp3) is 1.00. The van der Waals surface area contributed by atoms with Crippen molar-refractivity contribution in [2.75, 3.05) is 13.7 Å². The molecule has 0 aromatic rings. The lowest BCUT2D eigenvalue weighted by atomic mass is 9.78. The third-order valence-corrected chi connectivity index (χ3v) is 3.86. The summed E-state index contributed by atoms with van der Waals surface area (Å²) in [6.07, 6.45) is 6.94. The minimum absolute atomic E-state index is 0.503. The molecule has 16 heavy (non-hydrogen) atoms. The van der Waals surface area contributed by atoms with Crippen molar-refractivity contribution in [3.05, 3.63) is 0 Å². The van der Waals surface area contributed by atoms with Gasteiger partial charge in [0.1, 0.15) is 0 Å². The molecule has 1 aliphatic rings. The summed E-state index contributed by atoms with van der Waals surface area (Å²) in [5, 5.41) is 3.73. The number of rotatable bonds is 6. The van der Waals surface area contributed by atoms with Gasteiger partial charge in [-0.3, -0.25) is 0 Å². The average molecular weight is 227 g/mol. The van der Waals surface area contributed by atoms with Gasteiger partial charge in [-0.2, -0.15) is 0 Å². The van der Waals surface area contributed by atoms with Gasteiger partial charge in [-0.05, 0) is 44.1 Å². The van der Waals surface area contributed by atoms with Gasteiger partial charge in [0, 0.05) is 13.2 Å². The first-order chi connectivity index (χ1) is 7.69. The predicted molar refractivity (Wildman–Crippen MR) is 69.7 cm³/mol. The highest BCUT2D eigenvalue weighted by molar-refractivity contribution is 4.84. The number of ether oxygens (including phenoxy) is 1. The van der Waals surface area contributed by atoms with E-state index in [0.717, 1.165) is 18.4 Å². The van der Waals surface area contributed by atoms with E-state index in [1.165, 1.54) is 32.1 Å². The second-order valence-electron chi connectivity index (χ2n) is 5.51. The van der Waals surface area contributed by atoms with Crippen molar-refractivity contribution < 1.29 is 4.74 Å². The molecule has 0 radical (unpaired) electrons. The quantitative estimate of drug-likeness (QED) is 0.752. The molecule has 0 heterocycles. The molecule has 1 aliphatic carbocycles. The number of nitrogens with one attached hydrogen (secondary N) is 1. The molecule has 3 atom stereocenters. The van der Waals surface area contributed by atoms with Gasteiger partial charge in [-0.1, -0.05) is 27.2 Å². The van der Waals surface area contributed by atoms with Crippen molar-refractivity contribution in [1.29, 1.82) is 0 Å². The van der Waals surface area contributed by atoms with Gasteiger partial charge in [-0.15, -0.1) is 0 Å². The highest BCUT2D eigenvalue weighted by atomic mass is 16.5. The third-order valence-electron chi connectivity index (χ3n) is 3.86. The molecule has 3 unspecified atom stereocenters. The average Bonchev–Trinajstić information content (AvgIpc) is 2.29. The van der Waals surface area contributed by atoms with Gasteiger partial charge in [0.15, 0.2) is 0 Å². The summed E-state index contributed by atoms with van der Waals surface area (Å²) in [5.41, 5.74) is 0. The highest BCUT2D eigenvalue weighted by Crippen LogP contribution is 2.31. The summed E-state index contributed by atoms with van der Waals surface area (Å²) in [4.78, 5) is 0. The smallest absolute Gasteiger partial charge is 0.0574 e. The first-order valence-electron chi connectivity index (χ1n) is 6.95. The Morgan fingerprint density at radius 3 is 2.62 bits per heavy atom. The summed E-state index contributed by atoms with van der Waals surface area (Å²) < 4.78 is 5.53. The van der Waals surface area contributed by atoms with E-state index >= 15 is 0 Å². The van der Waals surface area contributed by atoms with Gasteiger partial charge in [0.25, 0.3) is 0 Å². The number of hydrogen-bond acceptors (Lipinski definition) is 2. The molecule has 1 saturated carbocycles. The standard InChI is InChI=1S/C14H29NO/c1-5-9-15-14(11(2)3)12-7-6-8-13(10-12)16-4/h11-15H,5-10H2,1-4H3. The van der Waals surface area contributed by atoms with Crippen molar-refractivity contribution in [2.45, 2.75) is 65.0 Å². The van der Waals surface area contributed by atoms with Gasteiger partial charge < -0.3 is 10.1 Å². The van der Waals surface area contributed by atoms with Crippen molar-refractivity contribution in [1.82, 2.24) is 5.32 Å². The van der Waals surface area contributed by atoms with Crippen LogP contribution in [-0.4, -0.2) is 25.8 Å². The molecule has 1 N–H and O–H groups in total. The molecule has 1 fully saturated rings. The Balaban J connectivity index is 2.48. The van der Waals surface area contributed by atoms with E-state index in [4.69, 9.17) is 4.74 Å². The van der Waals surface area contributed by atoms with E-state index in [-0.39, 0.29) is 0 Å². The Kier molecular flexibility index (Phi) is 6.37. The van der Waals surface area contributed by atoms with Crippen LogP contribution in [0.15, 0.2) is 0 Å². The zero-order valence-electron chi connectivity index (χ0n) is 11.5. The van der Waals surface area contributed by atoms with E-state index in [1.807, 2.05) is 7.11 Å². The SMILES string of the molecule is CCCNC(C(C)C)C1CCCC(OC)C1. The molecule has 0 amide bonds. The Morgan fingerprint density at radius 2 is 2.06 bits per heavy atom. The number of hydrogen-bond donors (Lipinski definition) is 1. The zero-order chi connectivity index (χ0) is 12.0. The zero-order valence-corrected chi connectivity index (χ0v) is 11.5. The second-order valence-corrected chi connectivity index (χ2v) is 5.51. The topological polar surface area (TPSA) is 21.3 Å². The van der Waals surface area contributed by atoms with Crippen molar-refractivity contribution in [2.24, 2.45) is 11.8 Å². The van der Waals surface area contributed by atoms with Crippen LogP contribution < -0.4 is 5.32 Å². The molecule has 0 bridgehead atoms. The lowest BCUT2D eigenvalue weighted by Crippen LogP contribution is -2.43. The summed E-state index contributed by atoms with van der Waals surface area (Å²) in [7, 11) is 1.86. The fourth-order valence-corrected chi connectivity index (χ4v) is 2.98. The maximum absolute atomic E-state index is 5.53. The van der Waals surface area contributed by atoms with Crippen molar-refractivity contribution in [3.8, 4) is 0 Å². The molecule has 0 saturated heterocycles. The first kappa shape index (κ1) is 14.0. The molecule has 0 aromatic heterocycles. The molecule has 0 aromatic carbocycles. The number of methoxy groups -OCH3 is 1. The third kappa shape index (κ3) is 4.06. The van der Waals surface area contributed by atoms with E-state index in [9.17, 15) is 0 Å². The molecule has 2 heteroatoms. The summed E-state index contributed by atoms with van der Waals surface area (Å²) >= 11 is 0. The van der Waals surface area contributed by atoms with E-state index in [1.54, 1.807) is 0 Å². The second kappa shape index (κ2) is 7.29. The Morgan fingerprint density at radius 1 is 1.31 bits per heavy atom. The van der Waals surface area contributed by atoms with E-state index in [0.29, 0.717) is 12.1 Å². The molecule has 1 rings (SSSR count). The van der Waals surface area contributed by atoms with E-state index < -0.39 is 0 Å². The minimum Gasteiger partial charge on any atom is -0.381 e. The van der Waals surface area contributed by atoms with Crippen LogP contribution in [0.5, 0.6) is 0 Å². The molecule has 2 nitrogen and oxygen atoms in total. The Bertz CT molecular complexity index is 182. The maximum atomic E-state index is 5.53. The van der Waals surface area contributed by atoms with E-state index in [2.05, 4.69) is 26.1 Å². The summed E-state index contributed by atoms with van der Waals surface area (Å²) in [5.74, 6) is 1.54. The lowest BCUT2D eigenvalue weighted by molar-refractivity contribution is 0.0373. The molecular formula is C14H29NO. The van der Waals surface area contributed by atoms with Crippen molar-refractivity contribution in [3.63, 3.8) is 0 Å². The molecule has 0 spiro atoms. The normalized spacial score (nSPS) is 28.3.